The highest BCUT2D eigenvalue weighted by molar-refractivity contribution is 6.29. The van der Waals surface area contributed by atoms with Gasteiger partial charge >= 0.3 is 0 Å². The summed E-state index contributed by atoms with van der Waals surface area (Å²) in [6.07, 6.45) is 7.57. The molecular formula is C24H26ClN3O3. The molecule has 2 heterocycles. The zero-order valence-electron chi connectivity index (χ0n) is 17.5. The number of amides is 1. The van der Waals surface area contributed by atoms with E-state index in [1.54, 1.807) is 12.3 Å². The molecule has 3 rings (SSSR count). The molecule has 7 heteroatoms. The molecule has 0 radical (unpaired) electrons. The quantitative estimate of drug-likeness (QED) is 0.302. The lowest BCUT2D eigenvalue weighted by Gasteiger charge is -2.16. The number of ketones is 1. The van der Waals surface area contributed by atoms with Crippen LogP contribution in [0.4, 0.5) is 0 Å². The Morgan fingerprint density at radius 2 is 1.90 bits per heavy atom. The van der Waals surface area contributed by atoms with Crippen molar-refractivity contribution in [3.8, 4) is 11.3 Å². The Hall–Kier alpha value is -2.99. The molecule has 0 bridgehead atoms. The van der Waals surface area contributed by atoms with Gasteiger partial charge in [0.15, 0.2) is 5.76 Å². The molecule has 6 nitrogen and oxygen atoms in total. The summed E-state index contributed by atoms with van der Waals surface area (Å²) in [5, 5.41) is 3.26. The smallest absolute Gasteiger partial charge is 0.252 e. The Bertz CT molecular complexity index is 1000. The van der Waals surface area contributed by atoms with E-state index in [9.17, 15) is 9.59 Å². The molecule has 0 saturated carbocycles. The van der Waals surface area contributed by atoms with E-state index >= 15 is 0 Å². The van der Waals surface area contributed by atoms with Gasteiger partial charge in [-0.05, 0) is 25.0 Å². The Labute approximate surface area is 187 Å². The lowest BCUT2D eigenvalue weighted by atomic mass is 10.0. The van der Waals surface area contributed by atoms with Crippen LogP contribution in [0.5, 0.6) is 0 Å². The van der Waals surface area contributed by atoms with Crippen molar-refractivity contribution in [3.63, 3.8) is 0 Å². The maximum absolute atomic E-state index is 12.8. The second kappa shape index (κ2) is 11.4. The van der Waals surface area contributed by atoms with Crippen molar-refractivity contribution in [2.75, 3.05) is 0 Å². The van der Waals surface area contributed by atoms with Crippen LogP contribution in [0, 0.1) is 0 Å². The first-order chi connectivity index (χ1) is 15.1. The SMILES string of the molecule is CCC(=O)CCCCC[C@H](NC(=O)c1ccnc(Cl)c1)c1ncc(-c2ccccc2)o1. The summed E-state index contributed by atoms with van der Waals surface area (Å²) >= 11 is 5.92. The van der Waals surface area contributed by atoms with Gasteiger partial charge in [0.25, 0.3) is 5.91 Å². The van der Waals surface area contributed by atoms with Crippen molar-refractivity contribution in [2.45, 2.75) is 51.5 Å². The molecule has 0 aliphatic rings. The van der Waals surface area contributed by atoms with Crippen LogP contribution in [0.15, 0.2) is 59.3 Å². The second-order valence-electron chi connectivity index (χ2n) is 7.31. The Morgan fingerprint density at radius 1 is 1.10 bits per heavy atom. The van der Waals surface area contributed by atoms with Gasteiger partial charge in [-0.25, -0.2) is 9.97 Å². The number of benzene rings is 1. The van der Waals surface area contributed by atoms with Crippen molar-refractivity contribution in [2.24, 2.45) is 0 Å². The molecule has 0 unspecified atom stereocenters. The van der Waals surface area contributed by atoms with E-state index in [4.69, 9.17) is 16.0 Å². The molecule has 2 aromatic heterocycles. The van der Waals surface area contributed by atoms with Gasteiger partial charge in [0.05, 0.1) is 6.20 Å². The fourth-order valence-electron chi connectivity index (χ4n) is 3.25. The van der Waals surface area contributed by atoms with Crippen LogP contribution in [0.2, 0.25) is 5.15 Å². The number of hydrogen-bond acceptors (Lipinski definition) is 5. The number of halogens is 1. The van der Waals surface area contributed by atoms with Crippen LogP contribution in [0.3, 0.4) is 0 Å². The molecule has 0 spiro atoms. The van der Waals surface area contributed by atoms with Gasteiger partial charge in [0.1, 0.15) is 17.0 Å². The highest BCUT2D eigenvalue weighted by Gasteiger charge is 2.21. The molecular weight excluding hydrogens is 414 g/mol. The van der Waals surface area contributed by atoms with Gasteiger partial charge in [-0.2, -0.15) is 0 Å². The Morgan fingerprint density at radius 3 is 2.65 bits per heavy atom. The first kappa shape index (κ1) is 22.7. The topological polar surface area (TPSA) is 85.1 Å². The number of carbonyl (C=O) groups is 2. The largest absolute Gasteiger partial charge is 0.438 e. The van der Waals surface area contributed by atoms with Crippen LogP contribution in [-0.2, 0) is 4.79 Å². The minimum atomic E-state index is -0.390. The number of nitrogens with zero attached hydrogens (tertiary/aromatic N) is 2. The van der Waals surface area contributed by atoms with Crippen LogP contribution >= 0.6 is 11.6 Å². The van der Waals surface area contributed by atoms with Gasteiger partial charge < -0.3 is 9.73 Å². The lowest BCUT2D eigenvalue weighted by molar-refractivity contribution is -0.118. The van der Waals surface area contributed by atoms with Crippen molar-refractivity contribution in [1.82, 2.24) is 15.3 Å². The normalized spacial score (nSPS) is 11.8. The number of oxazole rings is 1. The van der Waals surface area contributed by atoms with E-state index < -0.39 is 6.04 Å². The fourth-order valence-corrected chi connectivity index (χ4v) is 3.43. The third-order valence-corrected chi connectivity index (χ3v) is 5.22. The van der Waals surface area contributed by atoms with Gasteiger partial charge in [-0.15, -0.1) is 0 Å². The average molecular weight is 440 g/mol. The summed E-state index contributed by atoms with van der Waals surface area (Å²) in [5.41, 5.74) is 1.35. The summed E-state index contributed by atoms with van der Waals surface area (Å²) in [6, 6.07) is 12.4. The highest BCUT2D eigenvalue weighted by atomic mass is 35.5. The zero-order valence-corrected chi connectivity index (χ0v) is 18.3. The van der Waals surface area contributed by atoms with Crippen LogP contribution in [0.1, 0.15) is 67.7 Å². The summed E-state index contributed by atoms with van der Waals surface area (Å²) in [5.74, 6) is 1.11. The number of nitrogens with one attached hydrogen (secondary N) is 1. The second-order valence-corrected chi connectivity index (χ2v) is 7.70. The third-order valence-electron chi connectivity index (χ3n) is 5.02. The van der Waals surface area contributed by atoms with E-state index in [0.29, 0.717) is 36.5 Å². The minimum Gasteiger partial charge on any atom is -0.438 e. The average Bonchev–Trinajstić information content (AvgIpc) is 3.28. The summed E-state index contributed by atoms with van der Waals surface area (Å²) in [4.78, 5) is 32.6. The van der Waals surface area contributed by atoms with Gasteiger partial charge in [0, 0.05) is 30.2 Å². The maximum Gasteiger partial charge on any atom is 0.252 e. The third kappa shape index (κ3) is 6.76. The van der Waals surface area contributed by atoms with E-state index in [2.05, 4.69) is 15.3 Å². The van der Waals surface area contributed by atoms with E-state index in [1.165, 1.54) is 12.3 Å². The molecule has 0 saturated heterocycles. The monoisotopic (exact) mass is 439 g/mol. The number of rotatable bonds is 11. The van der Waals surface area contributed by atoms with Crippen molar-refractivity contribution >= 4 is 23.3 Å². The lowest BCUT2D eigenvalue weighted by Crippen LogP contribution is -2.28. The maximum atomic E-state index is 12.8. The summed E-state index contributed by atoms with van der Waals surface area (Å²) in [7, 11) is 0. The van der Waals surface area contributed by atoms with Gasteiger partial charge in [-0.1, -0.05) is 61.7 Å². The number of Topliss-reactive ketones (excluding diaryl/α,β-unsaturated/α-hetero) is 1. The van der Waals surface area contributed by atoms with Crippen LogP contribution < -0.4 is 5.32 Å². The van der Waals surface area contributed by atoms with Crippen LogP contribution in [-0.4, -0.2) is 21.7 Å². The number of carbonyl (C=O) groups excluding carboxylic acids is 2. The first-order valence-electron chi connectivity index (χ1n) is 10.5. The predicted molar refractivity (Wildman–Crippen MR) is 120 cm³/mol. The number of pyridine rings is 1. The number of hydrogen-bond donors (Lipinski definition) is 1. The number of aromatic nitrogens is 2. The molecule has 1 atom stereocenters. The van der Waals surface area contributed by atoms with E-state index in [-0.39, 0.29) is 16.8 Å². The van der Waals surface area contributed by atoms with Gasteiger partial charge in [-0.3, -0.25) is 9.59 Å². The molecule has 162 valence electrons. The predicted octanol–water partition coefficient (Wildman–Crippen LogP) is 5.79. The van der Waals surface area contributed by atoms with E-state index in [0.717, 1.165) is 24.8 Å². The van der Waals surface area contributed by atoms with E-state index in [1.807, 2.05) is 37.3 Å². The Balaban J connectivity index is 1.70. The molecule has 0 aliphatic carbocycles. The summed E-state index contributed by atoms with van der Waals surface area (Å²) in [6.45, 7) is 1.88. The highest BCUT2D eigenvalue weighted by Crippen LogP contribution is 2.26. The fraction of sp³-hybridized carbons (Fsp3) is 0.333. The van der Waals surface area contributed by atoms with Crippen molar-refractivity contribution in [1.29, 1.82) is 0 Å². The standard InChI is InChI=1S/C24H26ClN3O3/c1-2-19(29)11-7-4-8-12-20(28-23(30)18-13-14-26-22(25)15-18)24-27-16-21(31-24)17-9-5-3-6-10-17/h3,5-6,9-10,13-16,20H,2,4,7-8,11-12H2,1H3,(H,28,30)/t20-/m0/s1. The van der Waals surface area contributed by atoms with Crippen LogP contribution in [0.25, 0.3) is 11.3 Å². The molecule has 1 amide bonds. The summed E-state index contributed by atoms with van der Waals surface area (Å²) < 4.78 is 5.99. The first-order valence-corrected chi connectivity index (χ1v) is 10.9. The molecule has 1 aromatic carbocycles. The molecule has 0 fully saturated rings. The number of unbranched alkanes of at least 4 members (excludes halogenated alkanes) is 2. The van der Waals surface area contributed by atoms with Crippen molar-refractivity contribution < 1.29 is 14.0 Å². The molecule has 3 aromatic rings. The molecule has 1 N–H and O–H groups in total. The Kier molecular flexibility index (Phi) is 8.35. The zero-order chi connectivity index (χ0) is 22.1. The molecule has 31 heavy (non-hydrogen) atoms. The van der Waals surface area contributed by atoms with Gasteiger partial charge in [0.2, 0.25) is 5.89 Å². The minimum absolute atomic E-state index is 0.257. The molecule has 0 aliphatic heterocycles. The van der Waals surface area contributed by atoms with Crippen molar-refractivity contribution in [3.05, 3.63) is 71.5 Å².